The summed E-state index contributed by atoms with van der Waals surface area (Å²) in [5.41, 5.74) is 3.03. The number of carbonyl (C=O) groups is 1. The monoisotopic (exact) mass is 441 g/mol. The average Bonchev–Trinajstić information content (AvgIpc) is 3.51. The molecule has 5 rings (SSSR count). The summed E-state index contributed by atoms with van der Waals surface area (Å²) in [7, 11) is 0. The van der Waals surface area contributed by atoms with E-state index in [4.69, 9.17) is 4.42 Å². The highest BCUT2D eigenvalue weighted by Gasteiger charge is 2.32. The molecule has 1 atom stereocenters. The highest BCUT2D eigenvalue weighted by Crippen LogP contribution is 2.34. The van der Waals surface area contributed by atoms with E-state index in [-0.39, 0.29) is 29.8 Å². The largest absolute Gasteiger partial charge is 0.459 e. The Bertz CT molecular complexity index is 1150. The molecule has 3 heterocycles. The molecule has 2 aromatic carbocycles. The van der Waals surface area contributed by atoms with Crippen LogP contribution in [0, 0.1) is 17.5 Å². The summed E-state index contributed by atoms with van der Waals surface area (Å²) in [4.78, 5) is 16.6. The first kappa shape index (κ1) is 20.6. The van der Waals surface area contributed by atoms with Crippen LogP contribution in [0.5, 0.6) is 0 Å². The third-order valence-corrected chi connectivity index (χ3v) is 6.16. The van der Waals surface area contributed by atoms with Crippen molar-refractivity contribution in [2.24, 2.45) is 0 Å². The van der Waals surface area contributed by atoms with Gasteiger partial charge in [-0.05, 0) is 54.8 Å². The van der Waals surface area contributed by atoms with Crippen LogP contribution in [-0.4, -0.2) is 36.5 Å². The molecule has 1 fully saturated rings. The van der Waals surface area contributed by atoms with Gasteiger partial charge in [-0.2, -0.15) is 0 Å². The van der Waals surface area contributed by atoms with E-state index in [1.54, 1.807) is 12.1 Å². The van der Waals surface area contributed by atoms with E-state index in [2.05, 4.69) is 10.2 Å². The van der Waals surface area contributed by atoms with Crippen molar-refractivity contribution in [3.05, 3.63) is 83.1 Å². The van der Waals surface area contributed by atoms with Crippen molar-refractivity contribution < 1.29 is 22.4 Å². The Morgan fingerprint density at radius 2 is 2.00 bits per heavy atom. The van der Waals surface area contributed by atoms with Gasteiger partial charge in [-0.15, -0.1) is 0 Å². The highest BCUT2D eigenvalue weighted by atomic mass is 19.2. The molecule has 1 unspecified atom stereocenters. The summed E-state index contributed by atoms with van der Waals surface area (Å²) in [6.45, 7) is 2.45. The molecule has 3 aromatic rings. The van der Waals surface area contributed by atoms with E-state index in [9.17, 15) is 18.0 Å². The number of nitrogens with zero attached hydrogens (tertiary/aromatic N) is 2. The van der Waals surface area contributed by atoms with Gasteiger partial charge in [0.25, 0.3) is 5.91 Å². The molecular weight excluding hydrogens is 419 g/mol. The first-order valence-corrected chi connectivity index (χ1v) is 10.6. The van der Waals surface area contributed by atoms with Crippen LogP contribution in [0.2, 0.25) is 0 Å². The Labute approximate surface area is 183 Å². The lowest BCUT2D eigenvalue weighted by Crippen LogP contribution is -2.36. The Morgan fingerprint density at radius 1 is 1.12 bits per heavy atom. The molecule has 8 heteroatoms. The number of hydrogen-bond donors (Lipinski definition) is 1. The van der Waals surface area contributed by atoms with E-state index < -0.39 is 17.5 Å². The summed E-state index contributed by atoms with van der Waals surface area (Å²) in [6.07, 6.45) is 3.20. The number of likely N-dealkylation sites (tertiary alicyclic amines) is 1. The van der Waals surface area contributed by atoms with Gasteiger partial charge in [0, 0.05) is 55.2 Å². The van der Waals surface area contributed by atoms with E-state index in [0.717, 1.165) is 43.2 Å². The van der Waals surface area contributed by atoms with Crippen molar-refractivity contribution in [1.29, 1.82) is 0 Å². The van der Waals surface area contributed by atoms with E-state index in [0.29, 0.717) is 18.3 Å². The number of carbonyl (C=O) groups excluding carboxylic acids is 1. The summed E-state index contributed by atoms with van der Waals surface area (Å²) in [5, 5.41) is 2.85. The third-order valence-electron chi connectivity index (χ3n) is 6.16. The van der Waals surface area contributed by atoms with Gasteiger partial charge >= 0.3 is 0 Å². The fourth-order valence-electron chi connectivity index (χ4n) is 4.66. The zero-order valence-electron chi connectivity index (χ0n) is 17.3. The fourth-order valence-corrected chi connectivity index (χ4v) is 4.66. The van der Waals surface area contributed by atoms with Gasteiger partial charge in [0.1, 0.15) is 5.82 Å². The van der Waals surface area contributed by atoms with Crippen molar-refractivity contribution in [2.75, 3.05) is 29.9 Å². The molecule has 2 aliphatic rings. The van der Waals surface area contributed by atoms with Gasteiger partial charge in [-0.25, -0.2) is 13.2 Å². The first-order valence-electron chi connectivity index (χ1n) is 10.6. The molecule has 0 spiro atoms. The quantitative estimate of drug-likeness (QED) is 0.589. The first-order chi connectivity index (χ1) is 15.5. The van der Waals surface area contributed by atoms with Gasteiger partial charge in [-0.3, -0.25) is 9.69 Å². The number of fused-ring (bicyclic) bond motifs is 1. The highest BCUT2D eigenvalue weighted by molar-refractivity contribution is 6.02. The Balaban J connectivity index is 1.25. The van der Waals surface area contributed by atoms with Crippen LogP contribution in [-0.2, 0) is 13.0 Å². The van der Waals surface area contributed by atoms with Crippen molar-refractivity contribution in [1.82, 2.24) is 4.90 Å². The van der Waals surface area contributed by atoms with Crippen LogP contribution in [0.3, 0.4) is 0 Å². The second-order valence-electron chi connectivity index (χ2n) is 8.26. The Kier molecular flexibility index (Phi) is 5.38. The van der Waals surface area contributed by atoms with Crippen LogP contribution in [0.15, 0.2) is 53.1 Å². The lowest BCUT2D eigenvalue weighted by atomic mass is 10.1. The topological polar surface area (TPSA) is 48.7 Å². The summed E-state index contributed by atoms with van der Waals surface area (Å²) >= 11 is 0. The van der Waals surface area contributed by atoms with Crippen LogP contribution < -0.4 is 10.2 Å². The number of halogens is 3. The molecule has 5 nitrogen and oxygen atoms in total. The number of rotatable bonds is 5. The SMILES string of the molecule is O=C(Nc1ccc2c(c1)CCN2C1CCN(Cc2cc(F)cc(F)c2F)C1)c1ccco1. The number of hydrogen-bond acceptors (Lipinski definition) is 4. The minimum Gasteiger partial charge on any atom is -0.459 e. The maximum absolute atomic E-state index is 14.0. The summed E-state index contributed by atoms with van der Waals surface area (Å²) < 4.78 is 46.2. The molecule has 1 saturated heterocycles. The lowest BCUT2D eigenvalue weighted by Gasteiger charge is -2.27. The number of furan rings is 1. The van der Waals surface area contributed by atoms with Crippen molar-refractivity contribution in [2.45, 2.75) is 25.4 Å². The third kappa shape index (κ3) is 3.98. The number of anilines is 2. The minimum atomic E-state index is -1.15. The van der Waals surface area contributed by atoms with E-state index in [1.807, 2.05) is 23.1 Å². The number of nitrogens with one attached hydrogen (secondary N) is 1. The van der Waals surface area contributed by atoms with Crippen LogP contribution in [0.4, 0.5) is 24.5 Å². The summed E-state index contributed by atoms with van der Waals surface area (Å²) in [5.74, 6) is -2.94. The van der Waals surface area contributed by atoms with Crippen LogP contribution in [0.1, 0.15) is 28.1 Å². The average molecular weight is 441 g/mol. The van der Waals surface area contributed by atoms with Crippen molar-refractivity contribution in [3.8, 4) is 0 Å². The van der Waals surface area contributed by atoms with Crippen molar-refractivity contribution in [3.63, 3.8) is 0 Å². The Morgan fingerprint density at radius 3 is 2.81 bits per heavy atom. The normalized spacial score (nSPS) is 18.2. The maximum Gasteiger partial charge on any atom is 0.291 e. The van der Waals surface area contributed by atoms with Gasteiger partial charge in [-0.1, -0.05) is 0 Å². The smallest absolute Gasteiger partial charge is 0.291 e. The Hall–Kier alpha value is -3.26. The number of benzene rings is 2. The number of amides is 1. The second-order valence-corrected chi connectivity index (χ2v) is 8.26. The van der Waals surface area contributed by atoms with E-state index >= 15 is 0 Å². The fraction of sp³-hybridized carbons (Fsp3) is 0.292. The molecule has 0 radical (unpaired) electrons. The minimum absolute atomic E-state index is 0.0434. The zero-order valence-corrected chi connectivity index (χ0v) is 17.3. The molecule has 0 bridgehead atoms. The van der Waals surface area contributed by atoms with Gasteiger partial charge in [0.15, 0.2) is 17.4 Å². The predicted molar refractivity (Wildman–Crippen MR) is 114 cm³/mol. The van der Waals surface area contributed by atoms with Crippen LogP contribution in [0.25, 0.3) is 0 Å². The molecule has 1 N–H and O–H groups in total. The standard InChI is InChI=1S/C24H22F3N3O2/c25-17-10-16(23(27)20(26)12-17)13-29-7-6-19(14-29)30-8-5-15-11-18(3-4-21(15)30)28-24(31)22-2-1-9-32-22/h1-4,9-12,19H,5-8,13-14H2,(H,28,31). The predicted octanol–water partition coefficient (Wildman–Crippen LogP) is 4.59. The van der Waals surface area contributed by atoms with E-state index in [1.165, 1.54) is 6.26 Å². The molecular formula is C24H22F3N3O2. The second kappa shape index (κ2) is 8.35. The molecule has 2 aliphatic heterocycles. The van der Waals surface area contributed by atoms with Crippen molar-refractivity contribution >= 4 is 17.3 Å². The summed E-state index contributed by atoms with van der Waals surface area (Å²) in [6, 6.07) is 11.0. The van der Waals surface area contributed by atoms with Gasteiger partial charge in [0.05, 0.1) is 6.26 Å². The molecule has 1 aromatic heterocycles. The van der Waals surface area contributed by atoms with Gasteiger partial charge < -0.3 is 14.6 Å². The molecule has 0 aliphatic carbocycles. The molecule has 166 valence electrons. The molecule has 1 amide bonds. The molecule has 32 heavy (non-hydrogen) atoms. The zero-order chi connectivity index (χ0) is 22.2. The maximum atomic E-state index is 14.0. The van der Waals surface area contributed by atoms with Gasteiger partial charge in [0.2, 0.25) is 0 Å². The lowest BCUT2D eigenvalue weighted by molar-refractivity contribution is 0.0996. The molecule has 0 saturated carbocycles. The van der Waals surface area contributed by atoms with Crippen LogP contribution >= 0.6 is 0 Å².